The van der Waals surface area contributed by atoms with E-state index in [9.17, 15) is 62.6 Å². The number of amides is 11. The van der Waals surface area contributed by atoms with Crippen molar-refractivity contribution in [3.05, 3.63) is 35.9 Å². The van der Waals surface area contributed by atoms with Crippen LogP contribution in [0.4, 0.5) is 0 Å². The zero-order chi connectivity index (χ0) is 65.8. The second kappa shape index (κ2) is 37.6. The normalized spacial score (nSPS) is 21.1. The average Bonchev–Trinajstić information content (AvgIpc) is 3.36. The van der Waals surface area contributed by atoms with Gasteiger partial charge in [-0.25, -0.2) is 4.79 Å². The molecule has 11 amide bonds. The summed E-state index contributed by atoms with van der Waals surface area (Å²) < 4.78 is 5.73. The summed E-state index contributed by atoms with van der Waals surface area (Å²) in [5.74, 6) is -12.7. The molecule has 0 radical (unpaired) electrons. The van der Waals surface area contributed by atoms with Gasteiger partial charge in [-0.3, -0.25) is 58.1 Å². The summed E-state index contributed by atoms with van der Waals surface area (Å²) in [7, 11) is 1.60. The molecule has 1 aliphatic rings. The van der Waals surface area contributed by atoms with Crippen molar-refractivity contribution in [1.82, 2.24) is 63.8 Å². The maximum atomic E-state index is 14.4. The van der Waals surface area contributed by atoms with Crippen molar-refractivity contribution < 1.29 is 67.4 Å². The third-order valence-electron chi connectivity index (χ3n) is 15.7. The Morgan fingerprint density at radius 2 is 1.14 bits per heavy atom. The Hall–Kier alpha value is -7.95. The summed E-state index contributed by atoms with van der Waals surface area (Å²) in [6.07, 6.45) is -0.192. The minimum absolute atomic E-state index is 0.0506. The van der Waals surface area contributed by atoms with Gasteiger partial charge in [-0.05, 0) is 82.7 Å². The molecule has 29 heteroatoms. The number of benzene rings is 1. The van der Waals surface area contributed by atoms with E-state index in [1.807, 2.05) is 30.3 Å². The van der Waals surface area contributed by atoms with Crippen molar-refractivity contribution in [2.45, 2.75) is 207 Å². The number of aliphatic hydroxyl groups excluding tert-OH is 1. The van der Waals surface area contributed by atoms with Crippen molar-refractivity contribution in [3.8, 4) is 0 Å². The molecule has 488 valence electrons. The molecular formula is C58H97N15O14. The lowest BCUT2D eigenvalue weighted by molar-refractivity contribution is -0.157. The van der Waals surface area contributed by atoms with E-state index in [0.717, 1.165) is 5.56 Å². The number of hydrogen-bond donors (Lipinski definition) is 16. The summed E-state index contributed by atoms with van der Waals surface area (Å²) in [5, 5.41) is 49.2. The Kier molecular flexibility index (Phi) is 32.5. The Balaban J connectivity index is 2.37. The first kappa shape index (κ1) is 75.1. The molecule has 1 heterocycles. The summed E-state index contributed by atoms with van der Waals surface area (Å²) in [6, 6.07) is -5.52. The number of carbonyl (C=O) groups is 12. The third kappa shape index (κ3) is 24.4. The molecule has 0 saturated carbocycles. The van der Waals surface area contributed by atoms with Crippen LogP contribution < -0.4 is 75.3 Å². The molecule has 1 saturated heterocycles. The smallest absolute Gasteiger partial charge is 0.329 e. The fraction of sp³-hybridized carbons (Fsp3) is 0.672. The van der Waals surface area contributed by atoms with Crippen LogP contribution in [0.15, 0.2) is 30.3 Å². The molecule has 1 aromatic rings. The van der Waals surface area contributed by atoms with Gasteiger partial charge in [-0.1, -0.05) is 111 Å². The van der Waals surface area contributed by atoms with Crippen LogP contribution in [0.25, 0.3) is 0 Å². The Morgan fingerprint density at radius 3 is 1.64 bits per heavy atom. The molecule has 0 bridgehead atoms. The van der Waals surface area contributed by atoms with Crippen LogP contribution in [0.1, 0.15) is 133 Å². The minimum atomic E-state index is -1.67. The van der Waals surface area contributed by atoms with Crippen LogP contribution in [0.5, 0.6) is 0 Å². The van der Waals surface area contributed by atoms with Gasteiger partial charge in [0.05, 0.1) is 12.6 Å². The van der Waals surface area contributed by atoms with E-state index in [1.54, 1.807) is 62.4 Å². The molecule has 1 fully saturated rings. The quantitative estimate of drug-likeness (QED) is 0.0148. The fourth-order valence-corrected chi connectivity index (χ4v) is 9.07. The van der Waals surface area contributed by atoms with Crippen LogP contribution in [0, 0.1) is 29.1 Å². The van der Waals surface area contributed by atoms with Crippen LogP contribution in [0.2, 0.25) is 0 Å². The lowest BCUT2D eigenvalue weighted by atomic mass is 9.94. The Bertz CT molecular complexity index is 2530. The van der Waals surface area contributed by atoms with Crippen LogP contribution in [0.3, 0.4) is 0 Å². The van der Waals surface area contributed by atoms with Gasteiger partial charge in [-0.15, -0.1) is 0 Å². The fourth-order valence-electron chi connectivity index (χ4n) is 9.07. The molecule has 1 aromatic carbocycles. The molecule has 0 unspecified atom stereocenters. The van der Waals surface area contributed by atoms with Crippen LogP contribution in [-0.4, -0.2) is 175 Å². The summed E-state index contributed by atoms with van der Waals surface area (Å²) >= 11 is 0. The topological polar surface area (TPSA) is 455 Å². The molecule has 0 aliphatic carbocycles. The van der Waals surface area contributed by atoms with Crippen molar-refractivity contribution in [1.29, 1.82) is 5.41 Å². The Morgan fingerprint density at radius 1 is 0.632 bits per heavy atom. The van der Waals surface area contributed by atoms with Gasteiger partial charge < -0.3 is 85.1 Å². The number of hydrogen-bond acceptors (Lipinski definition) is 16. The van der Waals surface area contributed by atoms with E-state index in [-0.39, 0.29) is 31.8 Å². The summed E-state index contributed by atoms with van der Waals surface area (Å²) in [5.41, 5.74) is 11.7. The number of rotatable bonds is 33. The number of primary amides is 1. The van der Waals surface area contributed by atoms with E-state index in [1.165, 1.54) is 20.8 Å². The zero-order valence-corrected chi connectivity index (χ0v) is 52.3. The molecule has 0 spiro atoms. The van der Waals surface area contributed by atoms with Gasteiger partial charge in [0.1, 0.15) is 66.5 Å². The zero-order valence-electron chi connectivity index (χ0n) is 52.3. The van der Waals surface area contributed by atoms with E-state index in [0.29, 0.717) is 32.1 Å². The number of ether oxygens (including phenoxy) is 1. The molecule has 16 atom stereocenters. The monoisotopic (exact) mass is 1230 g/mol. The highest BCUT2D eigenvalue weighted by Crippen LogP contribution is 2.17. The largest absolute Gasteiger partial charge is 0.458 e. The van der Waals surface area contributed by atoms with Gasteiger partial charge in [-0.2, -0.15) is 0 Å². The highest BCUT2D eigenvalue weighted by Gasteiger charge is 2.40. The Labute approximate surface area is 509 Å². The van der Waals surface area contributed by atoms with Crippen molar-refractivity contribution >= 4 is 76.9 Å². The van der Waals surface area contributed by atoms with Gasteiger partial charge in [0.2, 0.25) is 65.0 Å². The lowest BCUT2D eigenvalue weighted by Crippen LogP contribution is -2.62. The van der Waals surface area contributed by atoms with Crippen molar-refractivity contribution in [3.63, 3.8) is 0 Å². The van der Waals surface area contributed by atoms with E-state index in [4.69, 9.17) is 21.6 Å². The van der Waals surface area contributed by atoms with E-state index in [2.05, 4.69) is 63.8 Å². The second-order valence-electron chi connectivity index (χ2n) is 22.5. The molecule has 18 N–H and O–H groups in total. The van der Waals surface area contributed by atoms with Gasteiger partial charge in [0, 0.05) is 13.0 Å². The number of aliphatic hydroxyl groups is 1. The molecule has 87 heavy (non-hydrogen) atoms. The predicted octanol–water partition coefficient (Wildman–Crippen LogP) is -2.64. The molecule has 2 rings (SSSR count). The predicted molar refractivity (Wildman–Crippen MR) is 322 cm³/mol. The summed E-state index contributed by atoms with van der Waals surface area (Å²) in [4.78, 5) is 165. The SMILES string of the molecule is CC[C@@H](C)[C@@H](NC(=O)[C@@H](CCC(N)=O)NC(=O)[C@H](CO)NC(=O)[C@@H](NC(=O)[C@@H](Cc1ccccc1)NC)[C@@H](C)CC)C(=O)N[C@H](C(=O)N[C@@H](C)C(=O)N[C@H]1C(=O)N[C@@H](C)C(=O)N[C@@H](CCCNC(=N)N)C(=O)N[C@@H]([C@@H](C)CC)C(=O)O[C@H]1C)[C@@H](C)CC. The highest BCUT2D eigenvalue weighted by molar-refractivity contribution is 5.99. The summed E-state index contributed by atoms with van der Waals surface area (Å²) in [6.45, 7) is 16.9. The maximum absolute atomic E-state index is 14.4. The number of likely N-dealkylation sites (N-methyl/N-ethyl adjacent to an activating group) is 1. The highest BCUT2D eigenvalue weighted by atomic mass is 16.5. The first-order chi connectivity index (χ1) is 41.0. The second-order valence-corrected chi connectivity index (χ2v) is 22.5. The first-order valence-corrected chi connectivity index (χ1v) is 29.9. The first-order valence-electron chi connectivity index (χ1n) is 29.9. The van der Waals surface area contributed by atoms with E-state index < -0.39 is 180 Å². The van der Waals surface area contributed by atoms with Crippen LogP contribution in [-0.2, 0) is 68.7 Å². The number of nitrogens with two attached hydrogens (primary N) is 2. The van der Waals surface area contributed by atoms with E-state index >= 15 is 0 Å². The minimum Gasteiger partial charge on any atom is -0.458 e. The molecular weight excluding hydrogens is 1130 g/mol. The maximum Gasteiger partial charge on any atom is 0.329 e. The number of esters is 1. The van der Waals surface area contributed by atoms with Gasteiger partial charge in [0.25, 0.3) is 0 Å². The van der Waals surface area contributed by atoms with Gasteiger partial charge >= 0.3 is 5.97 Å². The molecule has 0 aromatic heterocycles. The average molecular weight is 1230 g/mol. The third-order valence-corrected chi connectivity index (χ3v) is 15.7. The number of guanidine groups is 1. The number of cyclic esters (lactones) is 1. The standard InChI is InChI=1S/C58H97N15O14/c1-13-29(5)42(53(82)64-34(10)48(77)73-46-35(11)87-57(86)45(32(8)16-4)72-49(78)37(23-20-26-63-58(60)61)66-47(76)33(9)65-56(46)85)71-55(84)44(31(7)15-3)69-50(79)38(24-25-41(59)75)67-52(81)40(28-74)68-54(83)43(30(6)14-2)70-51(80)39(62-12)27-36-21-18-17-19-22-36/h17-19,21-22,29-35,37-40,42-46,62,74H,13-16,20,23-28H2,1-12H3,(H2,59,75)(H,64,82)(H,65,85)(H,66,76)(H,67,81)(H,68,83)(H,69,79)(H,70,80)(H,71,84)(H,72,78)(H,73,77)(H4,60,61,63)/t29-,30-,31+,32-,33-,34-,35-,37-,38+,39+,40-,42-,43-,44+,45-,46+/m0/s1. The van der Waals surface area contributed by atoms with Gasteiger partial charge in [0.15, 0.2) is 5.96 Å². The molecule has 1 aliphatic heterocycles. The number of nitrogens with one attached hydrogen (secondary N) is 13. The number of carbonyl (C=O) groups excluding carboxylic acids is 12. The van der Waals surface area contributed by atoms with Crippen molar-refractivity contribution in [2.24, 2.45) is 35.1 Å². The van der Waals surface area contributed by atoms with Crippen molar-refractivity contribution in [2.75, 3.05) is 20.2 Å². The van der Waals surface area contributed by atoms with Crippen LogP contribution >= 0.6 is 0 Å². The lowest BCUT2D eigenvalue weighted by Gasteiger charge is -2.31. The molecule has 29 nitrogen and oxygen atoms in total.